The van der Waals surface area contributed by atoms with Gasteiger partial charge in [0, 0.05) is 19.6 Å². The van der Waals surface area contributed by atoms with E-state index in [1.54, 1.807) is 4.90 Å². The number of hydrogen-bond acceptors (Lipinski definition) is 3. The Morgan fingerprint density at radius 2 is 2.04 bits per heavy atom. The molecule has 24 heavy (non-hydrogen) atoms. The van der Waals surface area contributed by atoms with E-state index in [1.165, 1.54) is 11.9 Å². The molecule has 0 bridgehead atoms. The first-order valence-corrected chi connectivity index (χ1v) is 8.24. The molecule has 0 radical (unpaired) electrons. The van der Waals surface area contributed by atoms with Crippen LogP contribution in [0.25, 0.3) is 0 Å². The predicted molar refractivity (Wildman–Crippen MR) is 90.6 cm³/mol. The molecule has 2 heterocycles. The van der Waals surface area contributed by atoms with Crippen LogP contribution in [0.1, 0.15) is 46.0 Å². The van der Waals surface area contributed by atoms with Crippen molar-refractivity contribution in [1.29, 1.82) is 0 Å². The fraction of sp³-hybridized carbons (Fsp3) is 0.389. The number of benzene rings is 1. The van der Waals surface area contributed by atoms with Crippen LogP contribution < -0.4 is 5.32 Å². The van der Waals surface area contributed by atoms with Gasteiger partial charge in [-0.25, -0.2) is 4.98 Å². The summed E-state index contributed by atoms with van der Waals surface area (Å²) in [6, 6.07) is 8.13. The summed E-state index contributed by atoms with van der Waals surface area (Å²) in [6.45, 7) is 5.78. The monoisotopic (exact) mass is 326 g/mol. The van der Waals surface area contributed by atoms with E-state index in [2.05, 4.69) is 21.4 Å². The third-order valence-corrected chi connectivity index (χ3v) is 4.16. The Hall–Kier alpha value is -2.63. The van der Waals surface area contributed by atoms with E-state index < -0.39 is 0 Å². The van der Waals surface area contributed by atoms with E-state index in [-0.39, 0.29) is 23.2 Å². The first-order valence-electron chi connectivity index (χ1n) is 8.24. The quantitative estimate of drug-likeness (QED) is 0.902. The number of carbonyl (C=O) groups is 2. The molecule has 1 aliphatic rings. The van der Waals surface area contributed by atoms with E-state index in [0.29, 0.717) is 25.6 Å². The molecule has 2 aromatic rings. The van der Waals surface area contributed by atoms with Gasteiger partial charge in [-0.05, 0) is 23.5 Å². The number of amides is 2. The zero-order valence-corrected chi connectivity index (χ0v) is 14.0. The van der Waals surface area contributed by atoms with Gasteiger partial charge in [-0.2, -0.15) is 0 Å². The third-order valence-electron chi connectivity index (χ3n) is 4.16. The highest BCUT2D eigenvalue weighted by Gasteiger charge is 2.27. The number of rotatable bonds is 4. The minimum Gasteiger partial charge on any atom is -0.350 e. The van der Waals surface area contributed by atoms with Gasteiger partial charge in [-0.3, -0.25) is 9.59 Å². The SMILES string of the molecule is CC(C)CNC(=O)c1nc[nH]c1C(=O)N1CCc2ccccc2C1. The van der Waals surface area contributed by atoms with Crippen molar-refractivity contribution >= 4 is 11.8 Å². The van der Waals surface area contributed by atoms with Crippen LogP contribution in [0.2, 0.25) is 0 Å². The van der Waals surface area contributed by atoms with Gasteiger partial charge in [-0.15, -0.1) is 0 Å². The molecule has 126 valence electrons. The van der Waals surface area contributed by atoms with Crippen LogP contribution in [0.5, 0.6) is 0 Å². The maximum Gasteiger partial charge on any atom is 0.273 e. The van der Waals surface area contributed by atoms with Gasteiger partial charge in [0.1, 0.15) is 5.69 Å². The maximum absolute atomic E-state index is 12.8. The maximum atomic E-state index is 12.8. The number of aromatic nitrogens is 2. The largest absolute Gasteiger partial charge is 0.350 e. The molecule has 0 atom stereocenters. The highest BCUT2D eigenvalue weighted by molar-refractivity contribution is 6.04. The summed E-state index contributed by atoms with van der Waals surface area (Å²) in [6.07, 6.45) is 2.22. The normalized spacial score (nSPS) is 13.7. The molecule has 2 N–H and O–H groups in total. The average Bonchev–Trinajstić information content (AvgIpc) is 3.08. The molecule has 6 nitrogen and oxygen atoms in total. The highest BCUT2D eigenvalue weighted by atomic mass is 16.2. The lowest BCUT2D eigenvalue weighted by molar-refractivity contribution is 0.0723. The number of carbonyl (C=O) groups excluding carboxylic acids is 2. The fourth-order valence-corrected chi connectivity index (χ4v) is 2.84. The smallest absolute Gasteiger partial charge is 0.273 e. The Morgan fingerprint density at radius 3 is 2.79 bits per heavy atom. The molecular weight excluding hydrogens is 304 g/mol. The number of H-pyrrole nitrogens is 1. The Bertz CT molecular complexity index is 751. The van der Waals surface area contributed by atoms with E-state index >= 15 is 0 Å². The van der Waals surface area contributed by atoms with E-state index in [1.807, 2.05) is 32.0 Å². The second-order valence-corrected chi connectivity index (χ2v) is 6.48. The van der Waals surface area contributed by atoms with Crippen molar-refractivity contribution in [2.75, 3.05) is 13.1 Å². The van der Waals surface area contributed by atoms with Crippen LogP contribution in [0.4, 0.5) is 0 Å². The van der Waals surface area contributed by atoms with Gasteiger partial charge in [0.15, 0.2) is 5.69 Å². The molecule has 0 aliphatic carbocycles. The fourth-order valence-electron chi connectivity index (χ4n) is 2.84. The molecule has 3 rings (SSSR count). The Morgan fingerprint density at radius 1 is 1.29 bits per heavy atom. The number of nitrogens with one attached hydrogen (secondary N) is 2. The molecule has 0 saturated heterocycles. The van der Waals surface area contributed by atoms with Crippen molar-refractivity contribution < 1.29 is 9.59 Å². The number of fused-ring (bicyclic) bond motifs is 1. The van der Waals surface area contributed by atoms with Crippen molar-refractivity contribution in [3.8, 4) is 0 Å². The van der Waals surface area contributed by atoms with E-state index in [4.69, 9.17) is 0 Å². The van der Waals surface area contributed by atoms with Crippen LogP contribution >= 0.6 is 0 Å². The molecule has 0 spiro atoms. The number of hydrogen-bond donors (Lipinski definition) is 2. The molecule has 0 unspecified atom stereocenters. The first-order chi connectivity index (χ1) is 11.6. The Balaban J connectivity index is 1.75. The molecule has 6 heteroatoms. The molecular formula is C18H22N4O2. The van der Waals surface area contributed by atoms with Gasteiger partial charge in [-0.1, -0.05) is 38.1 Å². The molecule has 1 aromatic carbocycles. The molecule has 0 saturated carbocycles. The Kier molecular flexibility index (Phi) is 4.64. The standard InChI is InChI=1S/C18H22N4O2/c1-12(2)9-19-17(23)15-16(21-11-20-15)18(24)22-8-7-13-5-3-4-6-14(13)10-22/h3-6,11-12H,7-10H2,1-2H3,(H,19,23)(H,20,21). The summed E-state index contributed by atoms with van der Waals surface area (Å²) in [5, 5.41) is 2.81. The van der Waals surface area contributed by atoms with Crippen LogP contribution in [-0.4, -0.2) is 39.8 Å². The van der Waals surface area contributed by atoms with E-state index in [9.17, 15) is 9.59 Å². The van der Waals surface area contributed by atoms with Gasteiger partial charge < -0.3 is 15.2 Å². The summed E-state index contributed by atoms with van der Waals surface area (Å²) in [5.41, 5.74) is 2.86. The molecule has 1 aliphatic heterocycles. The van der Waals surface area contributed by atoms with Gasteiger partial charge in [0.2, 0.25) is 0 Å². The zero-order valence-electron chi connectivity index (χ0n) is 14.0. The second-order valence-electron chi connectivity index (χ2n) is 6.48. The Labute approximate surface area is 141 Å². The van der Waals surface area contributed by atoms with Gasteiger partial charge in [0.25, 0.3) is 11.8 Å². The summed E-state index contributed by atoms with van der Waals surface area (Å²) >= 11 is 0. The number of nitrogens with zero attached hydrogens (tertiary/aromatic N) is 2. The average molecular weight is 326 g/mol. The lowest BCUT2D eigenvalue weighted by atomic mass is 9.99. The van der Waals surface area contributed by atoms with Crippen molar-refractivity contribution in [2.24, 2.45) is 5.92 Å². The summed E-state index contributed by atoms with van der Waals surface area (Å²) in [5.74, 6) is -0.159. The highest BCUT2D eigenvalue weighted by Crippen LogP contribution is 2.20. The van der Waals surface area contributed by atoms with Crippen molar-refractivity contribution in [3.05, 3.63) is 53.1 Å². The predicted octanol–water partition coefficient (Wildman–Crippen LogP) is 1.99. The van der Waals surface area contributed by atoms with Crippen molar-refractivity contribution in [3.63, 3.8) is 0 Å². The lowest BCUT2D eigenvalue weighted by Crippen LogP contribution is -2.37. The van der Waals surface area contributed by atoms with Gasteiger partial charge in [0.05, 0.1) is 6.33 Å². The van der Waals surface area contributed by atoms with Gasteiger partial charge >= 0.3 is 0 Å². The minimum absolute atomic E-state index is 0.166. The van der Waals surface area contributed by atoms with Crippen LogP contribution in [0, 0.1) is 5.92 Å². The molecule has 1 aromatic heterocycles. The van der Waals surface area contributed by atoms with Crippen LogP contribution in [0.3, 0.4) is 0 Å². The second kappa shape index (κ2) is 6.86. The molecule has 0 fully saturated rings. The number of aromatic amines is 1. The lowest BCUT2D eigenvalue weighted by Gasteiger charge is -2.28. The third kappa shape index (κ3) is 3.32. The molecule has 2 amide bonds. The summed E-state index contributed by atoms with van der Waals surface area (Å²) < 4.78 is 0. The van der Waals surface area contributed by atoms with Crippen molar-refractivity contribution in [2.45, 2.75) is 26.8 Å². The topological polar surface area (TPSA) is 78.1 Å². The number of imidazole rings is 1. The first kappa shape index (κ1) is 16.2. The van der Waals surface area contributed by atoms with Crippen LogP contribution in [0.15, 0.2) is 30.6 Å². The summed E-state index contributed by atoms with van der Waals surface area (Å²) in [4.78, 5) is 33.7. The zero-order chi connectivity index (χ0) is 17.1. The van der Waals surface area contributed by atoms with Crippen LogP contribution in [-0.2, 0) is 13.0 Å². The minimum atomic E-state index is -0.314. The summed E-state index contributed by atoms with van der Waals surface area (Å²) in [7, 11) is 0. The van der Waals surface area contributed by atoms with E-state index in [0.717, 1.165) is 12.0 Å². The van der Waals surface area contributed by atoms with Crippen molar-refractivity contribution in [1.82, 2.24) is 20.2 Å².